The van der Waals surface area contributed by atoms with Crippen LogP contribution in [0.5, 0.6) is 0 Å². The molecule has 11 heteroatoms. The van der Waals surface area contributed by atoms with Crippen molar-refractivity contribution in [3.8, 4) is 11.3 Å². The first-order valence-electron chi connectivity index (χ1n) is 10.7. The number of imidazole rings is 1. The van der Waals surface area contributed by atoms with E-state index < -0.39 is 4.92 Å². The molecule has 11 nitrogen and oxygen atoms in total. The summed E-state index contributed by atoms with van der Waals surface area (Å²) in [7, 11) is 0. The Morgan fingerprint density at radius 3 is 2.71 bits per heavy atom. The van der Waals surface area contributed by atoms with Gasteiger partial charge in [0.25, 0.3) is 0 Å². The molecule has 0 unspecified atom stereocenters. The number of nitrogens with one attached hydrogen (secondary N) is 1. The van der Waals surface area contributed by atoms with E-state index in [4.69, 9.17) is 15.5 Å². The number of nitrogens with zero attached hydrogens (tertiary/aromatic N) is 5. The average molecular weight is 461 g/mol. The fraction of sp³-hybridized carbons (Fsp3) is 0.217. The molecule has 0 aliphatic carbocycles. The molecule has 3 N–H and O–H groups in total. The van der Waals surface area contributed by atoms with Crippen molar-refractivity contribution in [2.75, 3.05) is 24.2 Å². The molecule has 0 atom stereocenters. The van der Waals surface area contributed by atoms with Crippen LogP contribution < -0.4 is 11.1 Å². The lowest BCUT2D eigenvalue weighted by Gasteiger charge is -2.11. The Bertz CT molecular complexity index is 1340. The molecule has 0 bridgehead atoms. The number of rotatable bonds is 9. The molecule has 0 fully saturated rings. The van der Waals surface area contributed by atoms with Crippen LogP contribution in [0.3, 0.4) is 0 Å². The van der Waals surface area contributed by atoms with Gasteiger partial charge in [-0.05, 0) is 38.0 Å². The SMILES string of the molecule is CCOC(=O)c1ccc(-c2cc3nccn3c(NCCCc3ccc([N+](=O)[O-])c(N)n3)n2)cc1. The van der Waals surface area contributed by atoms with Gasteiger partial charge in [0.2, 0.25) is 11.8 Å². The van der Waals surface area contributed by atoms with E-state index in [2.05, 4.69) is 15.3 Å². The summed E-state index contributed by atoms with van der Waals surface area (Å²) in [4.78, 5) is 35.4. The highest BCUT2D eigenvalue weighted by molar-refractivity contribution is 5.90. The molecule has 34 heavy (non-hydrogen) atoms. The number of nitro groups is 1. The summed E-state index contributed by atoms with van der Waals surface area (Å²) < 4.78 is 6.88. The molecule has 0 aliphatic rings. The van der Waals surface area contributed by atoms with Gasteiger partial charge in [-0.25, -0.2) is 19.7 Å². The van der Waals surface area contributed by atoms with Gasteiger partial charge in [0.05, 0.1) is 22.8 Å². The first-order chi connectivity index (χ1) is 16.5. The van der Waals surface area contributed by atoms with Crippen LogP contribution in [0, 0.1) is 10.1 Å². The molecular weight excluding hydrogens is 438 g/mol. The van der Waals surface area contributed by atoms with Gasteiger partial charge < -0.3 is 15.8 Å². The van der Waals surface area contributed by atoms with Crippen LogP contribution in [0.2, 0.25) is 0 Å². The third-order valence-corrected chi connectivity index (χ3v) is 5.13. The summed E-state index contributed by atoms with van der Waals surface area (Å²) in [6.07, 6.45) is 4.81. The maximum atomic E-state index is 11.9. The van der Waals surface area contributed by atoms with Gasteiger partial charge in [-0.15, -0.1) is 0 Å². The lowest BCUT2D eigenvalue weighted by molar-refractivity contribution is -0.384. The topological polar surface area (TPSA) is 151 Å². The number of esters is 1. The molecule has 0 saturated heterocycles. The van der Waals surface area contributed by atoms with E-state index in [1.807, 2.05) is 28.8 Å². The Morgan fingerprint density at radius 1 is 1.21 bits per heavy atom. The smallest absolute Gasteiger partial charge is 0.338 e. The molecule has 0 amide bonds. The van der Waals surface area contributed by atoms with Gasteiger partial charge in [0, 0.05) is 42.3 Å². The van der Waals surface area contributed by atoms with Crippen molar-refractivity contribution in [3.05, 3.63) is 76.2 Å². The first kappa shape index (κ1) is 22.6. The van der Waals surface area contributed by atoms with Crippen LogP contribution in [0.1, 0.15) is 29.4 Å². The first-order valence-corrected chi connectivity index (χ1v) is 10.7. The van der Waals surface area contributed by atoms with Gasteiger partial charge >= 0.3 is 11.7 Å². The van der Waals surface area contributed by atoms with Gasteiger partial charge in [0.1, 0.15) is 5.65 Å². The molecule has 3 aromatic heterocycles. The normalized spacial score (nSPS) is 10.9. The van der Waals surface area contributed by atoms with Gasteiger partial charge in [0.15, 0.2) is 0 Å². The summed E-state index contributed by atoms with van der Waals surface area (Å²) in [5, 5.41) is 14.2. The Kier molecular flexibility index (Phi) is 6.62. The van der Waals surface area contributed by atoms with Crippen molar-refractivity contribution < 1.29 is 14.5 Å². The van der Waals surface area contributed by atoms with Gasteiger partial charge in [-0.2, -0.15) is 0 Å². The van der Waals surface area contributed by atoms with Crippen LogP contribution in [-0.4, -0.2) is 43.4 Å². The molecule has 0 radical (unpaired) electrons. The largest absolute Gasteiger partial charge is 0.462 e. The number of ether oxygens (including phenoxy) is 1. The minimum Gasteiger partial charge on any atom is -0.462 e. The third kappa shape index (κ3) is 4.93. The number of pyridine rings is 1. The van der Waals surface area contributed by atoms with Gasteiger partial charge in [-0.1, -0.05) is 12.1 Å². The minimum atomic E-state index is -0.549. The quantitative estimate of drug-likeness (QED) is 0.165. The fourth-order valence-corrected chi connectivity index (χ4v) is 3.46. The maximum absolute atomic E-state index is 11.9. The summed E-state index contributed by atoms with van der Waals surface area (Å²) in [5.74, 6) is 0.173. The van der Waals surface area contributed by atoms with Crippen molar-refractivity contribution >= 4 is 29.1 Å². The molecule has 1 aromatic carbocycles. The van der Waals surface area contributed by atoms with E-state index in [1.54, 1.807) is 31.3 Å². The minimum absolute atomic E-state index is 0.0843. The van der Waals surface area contributed by atoms with Gasteiger partial charge in [-0.3, -0.25) is 14.5 Å². The molecule has 0 aliphatic heterocycles. The second-order valence-corrected chi connectivity index (χ2v) is 7.41. The number of carbonyl (C=O) groups excluding carboxylic acids is 1. The molecule has 0 spiro atoms. The standard InChI is InChI=1S/C23H23N7O4/c1-2-34-22(31)16-7-5-15(6-8-16)18-14-20-25-12-13-29(20)23(28-18)26-11-3-4-17-9-10-19(30(32)33)21(24)27-17/h5-10,12-14H,2-4,11H2,1H3,(H2,24,27)(H,26,28). The Balaban J connectivity index is 1.46. The Labute approximate surface area is 194 Å². The van der Waals surface area contributed by atoms with E-state index in [0.717, 1.165) is 11.2 Å². The number of nitrogen functional groups attached to an aromatic ring is 1. The van der Waals surface area contributed by atoms with Crippen LogP contribution >= 0.6 is 0 Å². The number of aromatic nitrogens is 4. The number of aryl methyl sites for hydroxylation is 1. The summed E-state index contributed by atoms with van der Waals surface area (Å²) in [6, 6.07) is 11.9. The lowest BCUT2D eigenvalue weighted by atomic mass is 10.1. The van der Waals surface area contributed by atoms with Crippen molar-refractivity contribution in [1.82, 2.24) is 19.4 Å². The molecular formula is C23H23N7O4. The molecule has 4 aromatic rings. The average Bonchev–Trinajstić information content (AvgIpc) is 3.31. The van der Waals surface area contributed by atoms with E-state index in [-0.39, 0.29) is 17.5 Å². The number of carbonyl (C=O) groups is 1. The predicted molar refractivity (Wildman–Crippen MR) is 126 cm³/mol. The maximum Gasteiger partial charge on any atom is 0.338 e. The van der Waals surface area contributed by atoms with Crippen LogP contribution in [0.15, 0.2) is 54.9 Å². The number of benzene rings is 1. The third-order valence-electron chi connectivity index (χ3n) is 5.13. The zero-order chi connectivity index (χ0) is 24.1. The van der Waals surface area contributed by atoms with E-state index >= 15 is 0 Å². The van der Waals surface area contributed by atoms with Crippen molar-refractivity contribution in [3.63, 3.8) is 0 Å². The van der Waals surface area contributed by atoms with Crippen LogP contribution in [0.4, 0.5) is 17.5 Å². The second-order valence-electron chi connectivity index (χ2n) is 7.41. The second kappa shape index (κ2) is 9.94. The monoisotopic (exact) mass is 461 g/mol. The molecule has 4 rings (SSSR count). The Hall–Kier alpha value is -4.54. The van der Waals surface area contributed by atoms with Crippen molar-refractivity contribution in [2.24, 2.45) is 0 Å². The summed E-state index contributed by atoms with van der Waals surface area (Å²) in [6.45, 7) is 2.67. The summed E-state index contributed by atoms with van der Waals surface area (Å²) in [5.41, 5.74) is 8.91. The molecule has 174 valence electrons. The highest BCUT2D eigenvalue weighted by Gasteiger charge is 2.13. The van der Waals surface area contributed by atoms with Crippen LogP contribution in [-0.2, 0) is 11.2 Å². The number of hydrogen-bond donors (Lipinski definition) is 2. The fourth-order valence-electron chi connectivity index (χ4n) is 3.46. The number of nitrogens with two attached hydrogens (primary N) is 1. The number of fused-ring (bicyclic) bond motifs is 1. The van der Waals surface area contributed by atoms with E-state index in [1.165, 1.54) is 6.07 Å². The van der Waals surface area contributed by atoms with Crippen LogP contribution in [0.25, 0.3) is 16.9 Å². The predicted octanol–water partition coefficient (Wildman–Crippen LogP) is 3.50. The highest BCUT2D eigenvalue weighted by atomic mass is 16.6. The highest BCUT2D eigenvalue weighted by Crippen LogP contribution is 2.23. The lowest BCUT2D eigenvalue weighted by Crippen LogP contribution is -2.10. The number of anilines is 2. The van der Waals surface area contributed by atoms with E-state index in [0.29, 0.717) is 48.9 Å². The Morgan fingerprint density at radius 2 is 2.00 bits per heavy atom. The molecule has 3 heterocycles. The molecule has 0 saturated carbocycles. The van der Waals surface area contributed by atoms with Crippen molar-refractivity contribution in [2.45, 2.75) is 19.8 Å². The zero-order valence-corrected chi connectivity index (χ0v) is 18.5. The van der Waals surface area contributed by atoms with E-state index in [9.17, 15) is 14.9 Å². The van der Waals surface area contributed by atoms with Crippen molar-refractivity contribution in [1.29, 1.82) is 0 Å². The zero-order valence-electron chi connectivity index (χ0n) is 18.5. The summed E-state index contributed by atoms with van der Waals surface area (Å²) >= 11 is 0. The number of hydrogen-bond acceptors (Lipinski definition) is 9.